The lowest BCUT2D eigenvalue weighted by atomic mass is 10.1. The third-order valence-corrected chi connectivity index (χ3v) is 6.90. The van der Waals surface area contributed by atoms with Gasteiger partial charge in [0.15, 0.2) is 0 Å². The van der Waals surface area contributed by atoms with Crippen LogP contribution in [0.25, 0.3) is 0 Å². The predicted octanol–water partition coefficient (Wildman–Crippen LogP) is 4.14. The summed E-state index contributed by atoms with van der Waals surface area (Å²) >= 11 is 5.98. The van der Waals surface area contributed by atoms with E-state index in [1.807, 2.05) is 38.1 Å². The average Bonchev–Trinajstić information content (AvgIpc) is 2.79. The molecule has 0 heterocycles. The van der Waals surface area contributed by atoms with Crippen molar-refractivity contribution >= 4 is 39.1 Å². The molecule has 7 nitrogen and oxygen atoms in total. The van der Waals surface area contributed by atoms with Crippen molar-refractivity contribution in [1.29, 1.82) is 0 Å². The minimum Gasteiger partial charge on any atom is -0.354 e. The van der Waals surface area contributed by atoms with Crippen LogP contribution >= 0.6 is 11.6 Å². The molecule has 0 saturated carbocycles. The van der Waals surface area contributed by atoms with E-state index in [9.17, 15) is 18.0 Å². The minimum absolute atomic E-state index is 0.108. The van der Waals surface area contributed by atoms with E-state index in [1.165, 1.54) is 9.21 Å². The summed E-state index contributed by atoms with van der Waals surface area (Å²) in [5.74, 6) is -0.437. The second-order valence-corrected chi connectivity index (χ2v) is 10.7. The van der Waals surface area contributed by atoms with Crippen molar-refractivity contribution in [3.05, 3.63) is 64.7 Å². The zero-order valence-electron chi connectivity index (χ0n) is 20.3. The number of halogens is 1. The number of sulfonamides is 1. The first kappa shape index (κ1) is 27.7. The van der Waals surface area contributed by atoms with Gasteiger partial charge < -0.3 is 10.2 Å². The summed E-state index contributed by atoms with van der Waals surface area (Å²) in [6.45, 7) is 6.55. The van der Waals surface area contributed by atoms with E-state index in [0.717, 1.165) is 23.8 Å². The van der Waals surface area contributed by atoms with E-state index >= 15 is 0 Å². The molecule has 0 aliphatic carbocycles. The molecule has 2 aromatic rings. The molecule has 2 rings (SSSR count). The van der Waals surface area contributed by atoms with Crippen LogP contribution in [0.15, 0.2) is 48.5 Å². The van der Waals surface area contributed by atoms with Gasteiger partial charge in [-0.05, 0) is 56.5 Å². The highest BCUT2D eigenvalue weighted by molar-refractivity contribution is 7.92. The van der Waals surface area contributed by atoms with Crippen molar-refractivity contribution in [2.75, 3.05) is 23.7 Å². The molecule has 186 valence electrons. The van der Waals surface area contributed by atoms with Crippen LogP contribution in [0.5, 0.6) is 0 Å². The third kappa shape index (κ3) is 8.33. The SMILES string of the molecule is CCCNC(=O)[C@H](C)N(Cc1ccc(Cl)cc1)C(=O)CCCN(c1ccc(C)cc1)S(C)(=O)=O. The molecule has 9 heteroatoms. The van der Waals surface area contributed by atoms with Gasteiger partial charge in [0.1, 0.15) is 6.04 Å². The first-order valence-electron chi connectivity index (χ1n) is 11.4. The molecule has 0 saturated heterocycles. The largest absolute Gasteiger partial charge is 0.354 e. The molecule has 0 aliphatic rings. The molecule has 34 heavy (non-hydrogen) atoms. The summed E-state index contributed by atoms with van der Waals surface area (Å²) < 4.78 is 26.0. The van der Waals surface area contributed by atoms with Crippen LogP contribution < -0.4 is 9.62 Å². The number of benzene rings is 2. The Labute approximate surface area is 208 Å². The number of hydrogen-bond acceptors (Lipinski definition) is 4. The van der Waals surface area contributed by atoms with Gasteiger partial charge in [-0.2, -0.15) is 0 Å². The summed E-state index contributed by atoms with van der Waals surface area (Å²) in [6, 6.07) is 13.7. The Bertz CT molecular complexity index is 1060. The Morgan fingerprint density at radius 1 is 1.06 bits per heavy atom. The average molecular weight is 508 g/mol. The lowest BCUT2D eigenvalue weighted by Gasteiger charge is -2.29. The zero-order valence-corrected chi connectivity index (χ0v) is 21.8. The van der Waals surface area contributed by atoms with Crippen LogP contribution in [0, 0.1) is 6.92 Å². The second kappa shape index (κ2) is 12.8. The van der Waals surface area contributed by atoms with Crippen LogP contribution in [0.1, 0.15) is 44.2 Å². The number of amides is 2. The molecule has 0 spiro atoms. The van der Waals surface area contributed by atoms with Crippen LogP contribution in [-0.2, 0) is 26.2 Å². The summed E-state index contributed by atoms with van der Waals surface area (Å²) in [6.07, 6.45) is 2.38. The molecule has 1 atom stereocenters. The molecule has 2 aromatic carbocycles. The molecule has 1 N–H and O–H groups in total. The molecule has 0 unspecified atom stereocenters. The smallest absolute Gasteiger partial charge is 0.242 e. The Hall–Kier alpha value is -2.58. The van der Waals surface area contributed by atoms with E-state index < -0.39 is 16.1 Å². The van der Waals surface area contributed by atoms with Gasteiger partial charge in [0, 0.05) is 31.1 Å². The van der Waals surface area contributed by atoms with Crippen LogP contribution in [0.4, 0.5) is 5.69 Å². The molecule has 0 bridgehead atoms. The van der Waals surface area contributed by atoms with Crippen molar-refractivity contribution in [3.63, 3.8) is 0 Å². The van der Waals surface area contributed by atoms with Crippen molar-refractivity contribution < 1.29 is 18.0 Å². The van der Waals surface area contributed by atoms with Gasteiger partial charge in [0.05, 0.1) is 11.9 Å². The number of rotatable bonds is 12. The minimum atomic E-state index is -3.51. The Morgan fingerprint density at radius 3 is 2.24 bits per heavy atom. The van der Waals surface area contributed by atoms with E-state index in [1.54, 1.807) is 31.2 Å². The number of hydrogen-bond donors (Lipinski definition) is 1. The first-order chi connectivity index (χ1) is 16.0. The molecular formula is C25H34ClN3O4S. The van der Waals surface area contributed by atoms with Gasteiger partial charge in [-0.1, -0.05) is 48.4 Å². The standard InChI is InChI=1S/C25H34ClN3O4S/c1-5-16-27-25(31)20(3)28(18-21-10-12-22(26)13-11-21)24(30)7-6-17-29(34(4,32)33)23-14-8-19(2)9-15-23/h8-15,20H,5-7,16-18H2,1-4H3,(H,27,31)/t20-/m0/s1. The van der Waals surface area contributed by atoms with Crippen LogP contribution in [0.3, 0.4) is 0 Å². The normalized spacial score (nSPS) is 12.1. The predicted molar refractivity (Wildman–Crippen MR) is 137 cm³/mol. The fourth-order valence-corrected chi connectivity index (χ4v) is 4.57. The maximum absolute atomic E-state index is 13.2. The van der Waals surface area contributed by atoms with Gasteiger partial charge in [-0.15, -0.1) is 0 Å². The maximum Gasteiger partial charge on any atom is 0.242 e. The molecule has 0 radical (unpaired) electrons. The van der Waals surface area contributed by atoms with Crippen LogP contribution in [0.2, 0.25) is 5.02 Å². The van der Waals surface area contributed by atoms with E-state index in [0.29, 0.717) is 23.7 Å². The molecule has 0 fully saturated rings. The third-order valence-electron chi connectivity index (χ3n) is 5.46. The number of aryl methyl sites for hydroxylation is 1. The van der Waals surface area contributed by atoms with Crippen LogP contribution in [-0.4, -0.2) is 50.5 Å². The molecule has 0 aromatic heterocycles. The summed E-state index contributed by atoms with van der Waals surface area (Å²) in [5.41, 5.74) is 2.44. The van der Waals surface area contributed by atoms with Gasteiger partial charge in [0.2, 0.25) is 21.8 Å². The summed E-state index contributed by atoms with van der Waals surface area (Å²) in [5, 5.41) is 3.43. The Kier molecular flexibility index (Phi) is 10.4. The fraction of sp³-hybridized carbons (Fsp3) is 0.440. The van der Waals surface area contributed by atoms with Crippen molar-refractivity contribution in [2.24, 2.45) is 0 Å². The van der Waals surface area contributed by atoms with E-state index in [2.05, 4.69) is 5.32 Å². The molecule has 0 aliphatic heterocycles. The number of carbonyl (C=O) groups excluding carboxylic acids is 2. The van der Waals surface area contributed by atoms with Gasteiger partial charge in [-0.3, -0.25) is 13.9 Å². The second-order valence-electron chi connectivity index (χ2n) is 8.39. The Balaban J connectivity index is 2.13. The van der Waals surface area contributed by atoms with Crippen molar-refractivity contribution in [3.8, 4) is 0 Å². The van der Waals surface area contributed by atoms with Gasteiger partial charge >= 0.3 is 0 Å². The van der Waals surface area contributed by atoms with E-state index in [4.69, 9.17) is 11.6 Å². The Morgan fingerprint density at radius 2 is 1.68 bits per heavy atom. The van der Waals surface area contributed by atoms with Crippen molar-refractivity contribution in [1.82, 2.24) is 10.2 Å². The number of nitrogens with zero attached hydrogens (tertiary/aromatic N) is 2. The number of nitrogens with one attached hydrogen (secondary N) is 1. The monoisotopic (exact) mass is 507 g/mol. The zero-order chi connectivity index (χ0) is 25.3. The highest BCUT2D eigenvalue weighted by Crippen LogP contribution is 2.20. The number of carbonyl (C=O) groups is 2. The quantitative estimate of drug-likeness (QED) is 0.467. The lowest BCUT2D eigenvalue weighted by molar-refractivity contribution is -0.140. The lowest BCUT2D eigenvalue weighted by Crippen LogP contribution is -2.47. The summed E-state index contributed by atoms with van der Waals surface area (Å²) in [7, 11) is -3.51. The van der Waals surface area contributed by atoms with Gasteiger partial charge in [0.25, 0.3) is 0 Å². The van der Waals surface area contributed by atoms with E-state index in [-0.39, 0.29) is 31.3 Å². The fourth-order valence-electron chi connectivity index (χ4n) is 3.48. The van der Waals surface area contributed by atoms with Crippen molar-refractivity contribution in [2.45, 2.75) is 52.6 Å². The highest BCUT2D eigenvalue weighted by atomic mass is 35.5. The topological polar surface area (TPSA) is 86.8 Å². The molecular weight excluding hydrogens is 474 g/mol. The summed E-state index contributed by atoms with van der Waals surface area (Å²) in [4.78, 5) is 27.3. The van der Waals surface area contributed by atoms with Gasteiger partial charge in [-0.25, -0.2) is 8.42 Å². The highest BCUT2D eigenvalue weighted by Gasteiger charge is 2.26. The number of anilines is 1. The first-order valence-corrected chi connectivity index (χ1v) is 13.6. The maximum atomic E-state index is 13.2. The molecule has 2 amide bonds.